The molecule has 0 aromatic heterocycles. The van der Waals surface area contributed by atoms with Gasteiger partial charge in [0.15, 0.2) is 6.10 Å². The minimum absolute atomic E-state index is 0.140. The highest BCUT2D eigenvalue weighted by Gasteiger charge is 2.45. The van der Waals surface area contributed by atoms with Crippen molar-refractivity contribution in [3.63, 3.8) is 0 Å². The fourth-order valence-corrected chi connectivity index (χ4v) is 3.73. The average Bonchev–Trinajstić information content (AvgIpc) is 2.68. The molecule has 0 saturated carbocycles. The van der Waals surface area contributed by atoms with Crippen molar-refractivity contribution in [1.29, 1.82) is 0 Å². The van der Waals surface area contributed by atoms with Gasteiger partial charge in [0.25, 0.3) is 0 Å². The molecule has 3 rings (SSSR count). The first-order chi connectivity index (χ1) is 13.2. The van der Waals surface area contributed by atoms with Gasteiger partial charge in [-0.25, -0.2) is 4.79 Å². The molecule has 0 fully saturated rings. The first kappa shape index (κ1) is 20.3. The van der Waals surface area contributed by atoms with Crippen LogP contribution in [-0.4, -0.2) is 17.9 Å². The molecule has 1 heterocycles. The summed E-state index contributed by atoms with van der Waals surface area (Å²) in [5.41, 5.74) is 1.23. The van der Waals surface area contributed by atoms with Gasteiger partial charge in [-0.3, -0.25) is 4.79 Å². The van der Waals surface area contributed by atoms with E-state index in [0.29, 0.717) is 16.9 Å². The number of benzene rings is 2. The van der Waals surface area contributed by atoms with Crippen LogP contribution in [0, 0.1) is 5.41 Å². The van der Waals surface area contributed by atoms with Crippen LogP contribution in [0.3, 0.4) is 0 Å². The monoisotopic (exact) mass is 442 g/mol. The van der Waals surface area contributed by atoms with Crippen molar-refractivity contribution in [2.24, 2.45) is 5.41 Å². The summed E-state index contributed by atoms with van der Waals surface area (Å²) >= 11 is 3.37. The Bertz CT molecular complexity index is 913. The zero-order valence-electron chi connectivity index (χ0n) is 16.4. The fourth-order valence-electron chi connectivity index (χ4n) is 3.47. The van der Waals surface area contributed by atoms with Gasteiger partial charge in [0.2, 0.25) is 5.78 Å². The molecule has 5 heteroatoms. The number of hydrogen-bond donors (Lipinski definition) is 0. The normalized spacial score (nSPS) is 19.8. The van der Waals surface area contributed by atoms with Gasteiger partial charge in [-0.15, -0.1) is 0 Å². The SMILES string of the molecule is CC1=C(O[C@H](C)C(=O)c2ccc(Br)cc2)C(C)(C)[C@H](c2ccccc2)OC1=O. The van der Waals surface area contributed by atoms with E-state index in [1.54, 1.807) is 26.0 Å². The summed E-state index contributed by atoms with van der Waals surface area (Å²) in [5, 5.41) is 0. The van der Waals surface area contributed by atoms with Crippen LogP contribution in [0.2, 0.25) is 0 Å². The Labute approximate surface area is 173 Å². The first-order valence-corrected chi connectivity index (χ1v) is 9.95. The van der Waals surface area contributed by atoms with Crippen molar-refractivity contribution in [3.05, 3.63) is 81.5 Å². The summed E-state index contributed by atoms with van der Waals surface area (Å²) < 4.78 is 12.7. The smallest absolute Gasteiger partial charge is 0.337 e. The number of hydrogen-bond acceptors (Lipinski definition) is 4. The molecule has 4 nitrogen and oxygen atoms in total. The van der Waals surface area contributed by atoms with E-state index in [-0.39, 0.29) is 5.78 Å². The maximum atomic E-state index is 12.8. The standard InChI is InChI=1S/C23H23BrO4/c1-14-20(27-15(2)19(25)16-10-12-18(24)13-11-16)23(3,4)21(28-22(14)26)17-8-6-5-7-9-17/h5-13,15,21H,1-4H3/t15-,21+/m1/s1. The second kappa shape index (κ2) is 7.92. The highest BCUT2D eigenvalue weighted by Crippen LogP contribution is 2.48. The lowest BCUT2D eigenvalue weighted by molar-refractivity contribution is -0.156. The quantitative estimate of drug-likeness (QED) is 0.444. The van der Waals surface area contributed by atoms with E-state index in [9.17, 15) is 9.59 Å². The molecule has 1 aliphatic heterocycles. The number of carbonyl (C=O) groups excluding carboxylic acids is 2. The summed E-state index contributed by atoms with van der Waals surface area (Å²) in [6.07, 6.45) is -1.22. The van der Waals surface area contributed by atoms with E-state index in [1.807, 2.05) is 56.3 Å². The summed E-state index contributed by atoms with van der Waals surface area (Å²) in [5.74, 6) is -0.0687. The highest BCUT2D eigenvalue weighted by molar-refractivity contribution is 9.10. The highest BCUT2D eigenvalue weighted by atomic mass is 79.9. The number of ether oxygens (including phenoxy) is 2. The Morgan fingerprint density at radius 1 is 1.11 bits per heavy atom. The molecule has 28 heavy (non-hydrogen) atoms. The van der Waals surface area contributed by atoms with Crippen molar-refractivity contribution < 1.29 is 19.1 Å². The number of cyclic esters (lactones) is 1. The van der Waals surface area contributed by atoms with Gasteiger partial charge in [-0.2, -0.15) is 0 Å². The minimum atomic E-state index is -0.729. The molecule has 1 aliphatic rings. The van der Waals surface area contributed by atoms with E-state index in [0.717, 1.165) is 10.0 Å². The van der Waals surface area contributed by atoms with Crippen molar-refractivity contribution in [2.45, 2.75) is 39.9 Å². The predicted octanol–water partition coefficient (Wildman–Crippen LogP) is 5.64. The third-order valence-corrected chi connectivity index (χ3v) is 5.54. The fraction of sp³-hybridized carbons (Fsp3) is 0.304. The summed E-state index contributed by atoms with van der Waals surface area (Å²) in [6, 6.07) is 16.7. The number of Topliss-reactive ketones (excluding diaryl/α,β-unsaturated/α-hetero) is 1. The van der Waals surface area contributed by atoms with Crippen LogP contribution in [0.25, 0.3) is 0 Å². The van der Waals surface area contributed by atoms with Crippen LogP contribution in [0.5, 0.6) is 0 Å². The number of esters is 1. The minimum Gasteiger partial charge on any atom is -0.486 e. The lowest BCUT2D eigenvalue weighted by atomic mass is 9.77. The van der Waals surface area contributed by atoms with Gasteiger partial charge in [0.05, 0.1) is 11.0 Å². The lowest BCUT2D eigenvalue weighted by Crippen LogP contribution is -2.38. The van der Waals surface area contributed by atoms with E-state index < -0.39 is 23.6 Å². The Morgan fingerprint density at radius 2 is 1.71 bits per heavy atom. The van der Waals surface area contributed by atoms with Gasteiger partial charge in [-0.1, -0.05) is 58.4 Å². The molecule has 0 bridgehead atoms. The van der Waals surface area contributed by atoms with Crippen molar-refractivity contribution in [1.82, 2.24) is 0 Å². The molecule has 0 amide bonds. The van der Waals surface area contributed by atoms with Gasteiger partial charge in [0.1, 0.15) is 11.9 Å². The number of halogens is 1. The molecule has 146 valence electrons. The maximum absolute atomic E-state index is 12.8. The molecular weight excluding hydrogens is 420 g/mol. The maximum Gasteiger partial charge on any atom is 0.337 e. The Kier molecular flexibility index (Phi) is 5.75. The van der Waals surface area contributed by atoms with Crippen molar-refractivity contribution in [2.75, 3.05) is 0 Å². The zero-order chi connectivity index (χ0) is 20.5. The average molecular weight is 443 g/mol. The van der Waals surface area contributed by atoms with E-state index >= 15 is 0 Å². The predicted molar refractivity (Wildman–Crippen MR) is 111 cm³/mol. The second-order valence-electron chi connectivity index (χ2n) is 7.50. The first-order valence-electron chi connectivity index (χ1n) is 9.15. The van der Waals surface area contributed by atoms with Gasteiger partial charge in [0, 0.05) is 10.0 Å². The van der Waals surface area contributed by atoms with Crippen LogP contribution >= 0.6 is 15.9 Å². The van der Waals surface area contributed by atoms with Crippen LogP contribution in [-0.2, 0) is 14.3 Å². The van der Waals surface area contributed by atoms with E-state index in [2.05, 4.69) is 15.9 Å². The van der Waals surface area contributed by atoms with Crippen LogP contribution < -0.4 is 0 Å². The zero-order valence-corrected chi connectivity index (χ0v) is 17.9. The molecule has 0 N–H and O–H groups in total. The Balaban J connectivity index is 1.90. The third kappa shape index (κ3) is 3.90. The molecule has 0 unspecified atom stereocenters. The molecule has 0 saturated heterocycles. The van der Waals surface area contributed by atoms with Gasteiger partial charge < -0.3 is 9.47 Å². The summed E-state index contributed by atoms with van der Waals surface area (Å²) in [6.45, 7) is 7.31. The van der Waals surface area contributed by atoms with Crippen LogP contribution in [0.1, 0.15) is 49.7 Å². The summed E-state index contributed by atoms with van der Waals surface area (Å²) in [4.78, 5) is 25.3. The Morgan fingerprint density at radius 3 is 2.32 bits per heavy atom. The van der Waals surface area contributed by atoms with Gasteiger partial charge in [-0.05, 0) is 45.4 Å². The van der Waals surface area contributed by atoms with Crippen LogP contribution in [0.15, 0.2) is 70.4 Å². The third-order valence-electron chi connectivity index (χ3n) is 5.01. The molecule has 0 radical (unpaired) electrons. The molecule has 0 spiro atoms. The molecule has 0 aliphatic carbocycles. The van der Waals surface area contributed by atoms with E-state index in [1.165, 1.54) is 0 Å². The summed E-state index contributed by atoms with van der Waals surface area (Å²) in [7, 11) is 0. The van der Waals surface area contributed by atoms with Gasteiger partial charge >= 0.3 is 5.97 Å². The molecule has 2 aromatic rings. The number of carbonyl (C=O) groups is 2. The van der Waals surface area contributed by atoms with E-state index in [4.69, 9.17) is 9.47 Å². The van der Waals surface area contributed by atoms with Crippen molar-refractivity contribution in [3.8, 4) is 0 Å². The topological polar surface area (TPSA) is 52.6 Å². The van der Waals surface area contributed by atoms with Crippen molar-refractivity contribution >= 4 is 27.7 Å². The number of ketones is 1. The largest absolute Gasteiger partial charge is 0.486 e. The lowest BCUT2D eigenvalue weighted by Gasteiger charge is -2.40. The second-order valence-corrected chi connectivity index (χ2v) is 8.42. The van der Waals surface area contributed by atoms with Crippen LogP contribution in [0.4, 0.5) is 0 Å². The molecular formula is C23H23BrO4. The Hall–Kier alpha value is -2.40. The molecule has 2 aromatic carbocycles. The number of rotatable bonds is 5. The molecule has 2 atom stereocenters.